The van der Waals surface area contributed by atoms with Crippen LogP contribution >= 0.6 is 0 Å². The molecule has 0 aromatic rings. The first-order valence-corrected chi connectivity index (χ1v) is 2.64. The van der Waals surface area contributed by atoms with Crippen molar-refractivity contribution in [3.05, 3.63) is 0 Å². The summed E-state index contributed by atoms with van der Waals surface area (Å²) >= 11 is 0. The van der Waals surface area contributed by atoms with Crippen LogP contribution in [0.15, 0.2) is 0 Å². The van der Waals surface area contributed by atoms with E-state index < -0.39 is 6.17 Å². The van der Waals surface area contributed by atoms with Gasteiger partial charge in [0.2, 0.25) is 0 Å². The van der Waals surface area contributed by atoms with Gasteiger partial charge in [0.15, 0.2) is 0 Å². The summed E-state index contributed by atoms with van der Waals surface area (Å²) in [7, 11) is 1.87. The topological polar surface area (TPSA) is 12.0 Å². The Morgan fingerprint density at radius 2 is 2.14 bits per heavy atom. The molecule has 1 fully saturated rings. The summed E-state index contributed by atoms with van der Waals surface area (Å²) in [6, 6.07) is 0.468. The van der Waals surface area contributed by atoms with Gasteiger partial charge in [-0.1, -0.05) is 0 Å². The minimum absolute atomic E-state index is 0.468. The Bertz CT molecular complexity index is 59.1. The highest BCUT2D eigenvalue weighted by molar-refractivity contribution is 4.83. The van der Waals surface area contributed by atoms with E-state index >= 15 is 0 Å². The Morgan fingerprint density at radius 3 is 2.29 bits per heavy atom. The molecular formula is C5H10FN. The van der Waals surface area contributed by atoms with Crippen LogP contribution in [-0.4, -0.2) is 19.3 Å². The first-order chi connectivity index (χ1) is 3.33. The summed E-state index contributed by atoms with van der Waals surface area (Å²) in [5.41, 5.74) is 0. The van der Waals surface area contributed by atoms with E-state index in [0.29, 0.717) is 6.04 Å². The van der Waals surface area contributed by atoms with E-state index in [1.54, 1.807) is 0 Å². The number of nitrogens with one attached hydrogen (secondary N) is 1. The van der Waals surface area contributed by atoms with E-state index in [4.69, 9.17) is 0 Å². The number of rotatable bonds is 1. The van der Waals surface area contributed by atoms with E-state index in [9.17, 15) is 4.39 Å². The highest BCUT2D eigenvalue weighted by Gasteiger charge is 2.26. The summed E-state index contributed by atoms with van der Waals surface area (Å²) in [6.45, 7) is 0. The molecule has 0 saturated heterocycles. The average molecular weight is 103 g/mol. The Hall–Kier alpha value is -0.110. The monoisotopic (exact) mass is 103 g/mol. The van der Waals surface area contributed by atoms with Crippen LogP contribution in [0.5, 0.6) is 0 Å². The smallest absolute Gasteiger partial charge is 0.103 e. The summed E-state index contributed by atoms with van der Waals surface area (Å²) in [6.07, 6.45) is 0.921. The molecule has 0 aliphatic heterocycles. The molecule has 2 heteroatoms. The minimum atomic E-state index is -0.516. The molecule has 0 aromatic carbocycles. The second-order valence-electron chi connectivity index (χ2n) is 2.05. The van der Waals surface area contributed by atoms with Crippen molar-refractivity contribution in [1.82, 2.24) is 5.32 Å². The van der Waals surface area contributed by atoms with Crippen LogP contribution in [0, 0.1) is 0 Å². The fourth-order valence-electron chi connectivity index (χ4n) is 0.784. The van der Waals surface area contributed by atoms with Gasteiger partial charge in [-0.25, -0.2) is 4.39 Å². The zero-order valence-electron chi connectivity index (χ0n) is 4.45. The second kappa shape index (κ2) is 1.78. The largest absolute Gasteiger partial charge is 0.317 e. The van der Waals surface area contributed by atoms with Crippen LogP contribution in [0.3, 0.4) is 0 Å². The fraction of sp³-hybridized carbons (Fsp3) is 1.00. The Labute approximate surface area is 42.9 Å². The summed E-state index contributed by atoms with van der Waals surface area (Å²) in [4.78, 5) is 0. The highest BCUT2D eigenvalue weighted by atomic mass is 19.1. The van der Waals surface area contributed by atoms with Crippen molar-refractivity contribution in [2.75, 3.05) is 7.05 Å². The molecule has 7 heavy (non-hydrogen) atoms. The lowest BCUT2D eigenvalue weighted by atomic mass is 9.91. The molecule has 1 saturated carbocycles. The van der Waals surface area contributed by atoms with Crippen LogP contribution in [0.2, 0.25) is 0 Å². The van der Waals surface area contributed by atoms with E-state index in [0.717, 1.165) is 12.8 Å². The Balaban J connectivity index is 2.06. The van der Waals surface area contributed by atoms with Crippen molar-refractivity contribution < 1.29 is 4.39 Å². The molecule has 0 spiro atoms. The van der Waals surface area contributed by atoms with Gasteiger partial charge in [-0.05, 0) is 19.9 Å². The molecule has 42 valence electrons. The van der Waals surface area contributed by atoms with Crippen LogP contribution in [0.4, 0.5) is 4.39 Å². The van der Waals surface area contributed by atoms with Crippen molar-refractivity contribution in [2.45, 2.75) is 25.1 Å². The van der Waals surface area contributed by atoms with E-state index in [1.165, 1.54) is 0 Å². The van der Waals surface area contributed by atoms with Crippen LogP contribution in [0.25, 0.3) is 0 Å². The normalized spacial score (nSPS) is 40.3. The van der Waals surface area contributed by atoms with Crippen LogP contribution in [-0.2, 0) is 0 Å². The molecule has 0 aromatic heterocycles. The SMILES string of the molecule is CNC1CC(F)C1. The molecule has 1 rings (SSSR count). The van der Waals surface area contributed by atoms with Crippen molar-refractivity contribution in [1.29, 1.82) is 0 Å². The van der Waals surface area contributed by atoms with E-state index in [1.807, 2.05) is 7.05 Å². The zero-order chi connectivity index (χ0) is 5.28. The molecule has 1 nitrogen and oxygen atoms in total. The van der Waals surface area contributed by atoms with E-state index in [-0.39, 0.29) is 0 Å². The predicted octanol–water partition coefficient (Wildman–Crippen LogP) is 0.706. The molecule has 0 radical (unpaired) electrons. The first-order valence-electron chi connectivity index (χ1n) is 2.64. The zero-order valence-corrected chi connectivity index (χ0v) is 4.45. The Morgan fingerprint density at radius 1 is 1.57 bits per heavy atom. The molecule has 0 bridgehead atoms. The molecule has 1 aliphatic rings. The van der Waals surface area contributed by atoms with Crippen molar-refractivity contribution in [3.63, 3.8) is 0 Å². The molecule has 1 aliphatic carbocycles. The number of hydrogen-bond donors (Lipinski definition) is 1. The van der Waals surface area contributed by atoms with Gasteiger partial charge in [0, 0.05) is 6.04 Å². The van der Waals surface area contributed by atoms with Crippen molar-refractivity contribution in [2.24, 2.45) is 0 Å². The number of halogens is 1. The molecule has 0 amide bonds. The van der Waals surface area contributed by atoms with Gasteiger partial charge in [0.05, 0.1) is 0 Å². The second-order valence-corrected chi connectivity index (χ2v) is 2.05. The van der Waals surface area contributed by atoms with Gasteiger partial charge >= 0.3 is 0 Å². The van der Waals surface area contributed by atoms with Gasteiger partial charge in [0.1, 0.15) is 6.17 Å². The maximum atomic E-state index is 11.9. The van der Waals surface area contributed by atoms with Crippen LogP contribution < -0.4 is 5.32 Å². The lowest BCUT2D eigenvalue weighted by Crippen LogP contribution is -2.39. The number of hydrogen-bond acceptors (Lipinski definition) is 1. The van der Waals surface area contributed by atoms with Gasteiger partial charge in [-0.15, -0.1) is 0 Å². The third-order valence-electron chi connectivity index (χ3n) is 1.49. The van der Waals surface area contributed by atoms with E-state index in [2.05, 4.69) is 5.32 Å². The van der Waals surface area contributed by atoms with Gasteiger partial charge in [-0.2, -0.15) is 0 Å². The fourth-order valence-corrected chi connectivity index (χ4v) is 0.784. The van der Waals surface area contributed by atoms with Gasteiger partial charge in [0.25, 0.3) is 0 Å². The summed E-state index contributed by atoms with van der Waals surface area (Å²) < 4.78 is 11.9. The minimum Gasteiger partial charge on any atom is -0.317 e. The van der Waals surface area contributed by atoms with Crippen molar-refractivity contribution in [3.8, 4) is 0 Å². The first kappa shape index (κ1) is 5.04. The number of alkyl halides is 1. The summed E-state index contributed by atoms with van der Waals surface area (Å²) in [5, 5.41) is 2.99. The van der Waals surface area contributed by atoms with Crippen molar-refractivity contribution >= 4 is 0 Å². The molecular weight excluding hydrogens is 93.1 g/mol. The Kier molecular flexibility index (Phi) is 1.28. The molecule has 0 heterocycles. The third kappa shape index (κ3) is 0.911. The third-order valence-corrected chi connectivity index (χ3v) is 1.49. The molecule has 1 N–H and O–H groups in total. The van der Waals surface area contributed by atoms with Gasteiger partial charge < -0.3 is 5.32 Å². The lowest BCUT2D eigenvalue weighted by Gasteiger charge is -2.28. The van der Waals surface area contributed by atoms with Gasteiger partial charge in [-0.3, -0.25) is 0 Å². The maximum absolute atomic E-state index is 11.9. The maximum Gasteiger partial charge on any atom is 0.103 e. The summed E-state index contributed by atoms with van der Waals surface area (Å²) in [5.74, 6) is 0. The molecule has 0 unspecified atom stereocenters. The quantitative estimate of drug-likeness (QED) is 0.515. The standard InChI is InChI=1S/C5H10FN/c1-7-5-2-4(6)3-5/h4-5,7H,2-3H2,1H3. The lowest BCUT2D eigenvalue weighted by molar-refractivity contribution is 0.162. The van der Waals surface area contributed by atoms with Crippen LogP contribution in [0.1, 0.15) is 12.8 Å². The highest BCUT2D eigenvalue weighted by Crippen LogP contribution is 2.21. The molecule has 0 atom stereocenters. The average Bonchev–Trinajstić information content (AvgIpc) is 1.58. The predicted molar refractivity (Wildman–Crippen MR) is 27.0 cm³/mol.